The highest BCUT2D eigenvalue weighted by Gasteiger charge is 2.20. The van der Waals surface area contributed by atoms with Gasteiger partial charge in [-0.05, 0) is 50.2 Å². The van der Waals surface area contributed by atoms with Gasteiger partial charge in [0.15, 0.2) is 12.7 Å². The van der Waals surface area contributed by atoms with Gasteiger partial charge >= 0.3 is 12.0 Å². The van der Waals surface area contributed by atoms with E-state index in [1.54, 1.807) is 31.2 Å². The van der Waals surface area contributed by atoms with Crippen LogP contribution in [0.2, 0.25) is 0 Å². The molecule has 0 aliphatic heterocycles. The summed E-state index contributed by atoms with van der Waals surface area (Å²) >= 11 is 0. The molecule has 170 valence electrons. The molecule has 10 heteroatoms. The molecular weight excluding hydrogens is 418 g/mol. The Kier molecular flexibility index (Phi) is 9.03. The zero-order valence-corrected chi connectivity index (χ0v) is 18.0. The van der Waals surface area contributed by atoms with Crippen molar-refractivity contribution in [1.82, 2.24) is 10.6 Å². The molecule has 32 heavy (non-hydrogen) atoms. The maximum Gasteiger partial charge on any atom is 0.338 e. The van der Waals surface area contributed by atoms with Crippen molar-refractivity contribution in [2.75, 3.05) is 25.6 Å². The molecule has 0 fully saturated rings. The standard InChI is InChI=1S/C22H25N3O7/c1-4-23-22(29)25-20(27)14(2)32-21(28)15-8-10-17(11-9-15)31-13-19(26)24-16-6-5-7-18(12-16)30-3/h5-12,14H,4,13H2,1-3H3,(H,24,26)(H2,23,25,27,29). The summed E-state index contributed by atoms with van der Waals surface area (Å²) in [6.07, 6.45) is -1.17. The quantitative estimate of drug-likeness (QED) is 0.506. The van der Waals surface area contributed by atoms with Crippen molar-refractivity contribution >= 4 is 29.5 Å². The number of hydrogen-bond acceptors (Lipinski definition) is 7. The summed E-state index contributed by atoms with van der Waals surface area (Å²) in [5.41, 5.74) is 0.747. The molecule has 4 amide bonds. The van der Waals surface area contributed by atoms with Crippen LogP contribution in [0.25, 0.3) is 0 Å². The van der Waals surface area contributed by atoms with Gasteiger partial charge in [0.2, 0.25) is 0 Å². The summed E-state index contributed by atoms with van der Waals surface area (Å²) < 4.78 is 15.6. The first-order chi connectivity index (χ1) is 15.3. The Balaban J connectivity index is 1.82. The van der Waals surface area contributed by atoms with Crippen LogP contribution in [0.5, 0.6) is 11.5 Å². The minimum Gasteiger partial charge on any atom is -0.497 e. The van der Waals surface area contributed by atoms with Gasteiger partial charge in [0.05, 0.1) is 12.7 Å². The molecule has 0 heterocycles. The molecular formula is C22H25N3O7. The van der Waals surface area contributed by atoms with Gasteiger partial charge in [0, 0.05) is 18.3 Å². The lowest BCUT2D eigenvalue weighted by Crippen LogP contribution is -2.44. The van der Waals surface area contributed by atoms with E-state index in [0.29, 0.717) is 23.7 Å². The van der Waals surface area contributed by atoms with E-state index in [-0.39, 0.29) is 18.1 Å². The molecule has 0 saturated heterocycles. The number of carbonyl (C=O) groups excluding carboxylic acids is 4. The van der Waals surface area contributed by atoms with Gasteiger partial charge < -0.3 is 24.8 Å². The van der Waals surface area contributed by atoms with Crippen molar-refractivity contribution in [3.8, 4) is 11.5 Å². The van der Waals surface area contributed by atoms with Crippen molar-refractivity contribution in [3.05, 3.63) is 54.1 Å². The maximum atomic E-state index is 12.2. The first kappa shape index (κ1) is 24.2. The van der Waals surface area contributed by atoms with Gasteiger partial charge in [-0.3, -0.25) is 14.9 Å². The van der Waals surface area contributed by atoms with Crippen LogP contribution in [0, 0.1) is 0 Å². The van der Waals surface area contributed by atoms with E-state index in [0.717, 1.165) is 0 Å². The van der Waals surface area contributed by atoms with Crippen molar-refractivity contribution in [2.24, 2.45) is 0 Å². The highest BCUT2D eigenvalue weighted by atomic mass is 16.5. The molecule has 0 aromatic heterocycles. The predicted molar refractivity (Wildman–Crippen MR) is 116 cm³/mol. The van der Waals surface area contributed by atoms with E-state index < -0.39 is 24.0 Å². The summed E-state index contributed by atoms with van der Waals surface area (Å²) in [5.74, 6) is -0.877. The summed E-state index contributed by atoms with van der Waals surface area (Å²) in [7, 11) is 1.53. The third-order valence-electron chi connectivity index (χ3n) is 4.04. The van der Waals surface area contributed by atoms with Crippen molar-refractivity contribution < 1.29 is 33.4 Å². The average molecular weight is 443 g/mol. The number of hydrogen-bond donors (Lipinski definition) is 3. The first-order valence-corrected chi connectivity index (χ1v) is 9.78. The molecule has 1 unspecified atom stereocenters. The number of imide groups is 1. The average Bonchev–Trinajstić information content (AvgIpc) is 2.78. The zero-order chi connectivity index (χ0) is 23.5. The van der Waals surface area contributed by atoms with E-state index in [1.165, 1.54) is 38.3 Å². The molecule has 0 saturated carbocycles. The number of amides is 4. The van der Waals surface area contributed by atoms with Crippen LogP contribution in [0.1, 0.15) is 24.2 Å². The van der Waals surface area contributed by atoms with E-state index in [1.807, 2.05) is 0 Å². The molecule has 0 aliphatic rings. The number of urea groups is 1. The maximum absolute atomic E-state index is 12.2. The molecule has 3 N–H and O–H groups in total. The monoisotopic (exact) mass is 443 g/mol. The topological polar surface area (TPSA) is 132 Å². The summed E-state index contributed by atoms with van der Waals surface area (Å²) in [6.45, 7) is 3.17. The Bertz CT molecular complexity index is 960. The molecule has 2 aromatic carbocycles. The van der Waals surface area contributed by atoms with Gasteiger partial charge in [-0.1, -0.05) is 6.07 Å². The molecule has 2 rings (SSSR count). The number of anilines is 1. The van der Waals surface area contributed by atoms with Crippen LogP contribution < -0.4 is 25.4 Å². The lowest BCUT2D eigenvalue weighted by molar-refractivity contribution is -0.127. The van der Waals surface area contributed by atoms with Crippen LogP contribution in [-0.2, 0) is 14.3 Å². The minimum atomic E-state index is -1.17. The SMILES string of the molecule is CCNC(=O)NC(=O)C(C)OC(=O)c1ccc(OCC(=O)Nc2cccc(OC)c2)cc1. The number of nitrogens with one attached hydrogen (secondary N) is 3. The smallest absolute Gasteiger partial charge is 0.338 e. The third-order valence-corrected chi connectivity index (χ3v) is 4.04. The first-order valence-electron chi connectivity index (χ1n) is 9.78. The largest absolute Gasteiger partial charge is 0.497 e. The molecule has 1 atom stereocenters. The van der Waals surface area contributed by atoms with Crippen molar-refractivity contribution in [2.45, 2.75) is 20.0 Å². The number of ether oxygens (including phenoxy) is 3. The van der Waals surface area contributed by atoms with Crippen LogP contribution in [0.15, 0.2) is 48.5 Å². The second-order valence-corrected chi connectivity index (χ2v) is 6.49. The van der Waals surface area contributed by atoms with Gasteiger partial charge in [0.25, 0.3) is 11.8 Å². The Hall–Kier alpha value is -4.08. The third kappa shape index (κ3) is 7.63. The highest BCUT2D eigenvalue weighted by molar-refractivity contribution is 5.98. The molecule has 0 aliphatic carbocycles. The van der Waals surface area contributed by atoms with Crippen LogP contribution in [0.4, 0.5) is 10.5 Å². The highest BCUT2D eigenvalue weighted by Crippen LogP contribution is 2.17. The summed E-state index contributed by atoms with van der Waals surface area (Å²) in [6, 6.07) is 12.1. The number of rotatable bonds is 9. The fraction of sp³-hybridized carbons (Fsp3) is 0.273. The molecule has 0 spiro atoms. The minimum absolute atomic E-state index is 0.177. The van der Waals surface area contributed by atoms with E-state index in [9.17, 15) is 19.2 Å². The van der Waals surface area contributed by atoms with E-state index in [4.69, 9.17) is 14.2 Å². The number of methoxy groups -OCH3 is 1. The van der Waals surface area contributed by atoms with Crippen molar-refractivity contribution in [1.29, 1.82) is 0 Å². The van der Waals surface area contributed by atoms with Crippen LogP contribution >= 0.6 is 0 Å². The van der Waals surface area contributed by atoms with Gasteiger partial charge in [-0.25, -0.2) is 9.59 Å². The van der Waals surface area contributed by atoms with E-state index in [2.05, 4.69) is 16.0 Å². The Morgan fingerprint density at radius 1 is 1.00 bits per heavy atom. The predicted octanol–water partition coefficient (Wildman–Crippen LogP) is 2.10. The Labute approximate surface area is 185 Å². The summed E-state index contributed by atoms with van der Waals surface area (Å²) in [5, 5.41) is 7.15. The van der Waals surface area contributed by atoms with E-state index >= 15 is 0 Å². The number of esters is 1. The van der Waals surface area contributed by atoms with Gasteiger partial charge in [-0.2, -0.15) is 0 Å². The second kappa shape index (κ2) is 11.9. The lowest BCUT2D eigenvalue weighted by atomic mass is 10.2. The number of carbonyl (C=O) groups is 4. The zero-order valence-electron chi connectivity index (χ0n) is 18.0. The van der Waals surface area contributed by atoms with Crippen molar-refractivity contribution in [3.63, 3.8) is 0 Å². The van der Waals surface area contributed by atoms with Crippen LogP contribution in [0.3, 0.4) is 0 Å². The lowest BCUT2D eigenvalue weighted by Gasteiger charge is -2.13. The fourth-order valence-corrected chi connectivity index (χ4v) is 2.43. The molecule has 10 nitrogen and oxygen atoms in total. The summed E-state index contributed by atoms with van der Waals surface area (Å²) in [4.78, 5) is 47.4. The number of benzene rings is 2. The molecule has 2 aromatic rings. The fourth-order valence-electron chi connectivity index (χ4n) is 2.43. The Morgan fingerprint density at radius 2 is 1.72 bits per heavy atom. The van der Waals surface area contributed by atoms with Gasteiger partial charge in [-0.15, -0.1) is 0 Å². The Morgan fingerprint density at radius 3 is 2.38 bits per heavy atom. The van der Waals surface area contributed by atoms with Crippen LogP contribution in [-0.4, -0.2) is 50.2 Å². The van der Waals surface area contributed by atoms with Gasteiger partial charge in [0.1, 0.15) is 11.5 Å². The normalized spacial score (nSPS) is 11.0. The molecule has 0 bridgehead atoms. The second-order valence-electron chi connectivity index (χ2n) is 6.49. The molecule has 0 radical (unpaired) electrons.